The summed E-state index contributed by atoms with van der Waals surface area (Å²) in [5, 5.41) is 8.94. The van der Waals surface area contributed by atoms with E-state index in [1.807, 2.05) is 29.6 Å². The molecule has 0 atom stereocenters. The fraction of sp³-hybridized carbons (Fsp3) is 0.333. The predicted octanol–water partition coefficient (Wildman–Crippen LogP) is 3.62. The minimum absolute atomic E-state index is 0.258. The molecular weight excluding hydrogens is 322 g/mol. The van der Waals surface area contributed by atoms with Crippen LogP contribution in [-0.4, -0.2) is 24.2 Å². The summed E-state index contributed by atoms with van der Waals surface area (Å²) in [6.45, 7) is 1.22. The van der Waals surface area contributed by atoms with E-state index in [1.54, 1.807) is 6.20 Å². The Hall–Kier alpha value is -1.63. The van der Waals surface area contributed by atoms with E-state index < -0.39 is 5.54 Å². The number of aromatic nitrogens is 1. The number of nitrogens with zero attached hydrogens (tertiary/aromatic N) is 1. The standard InChI is InChI=1S/C15H16ClN3O2S/c16-12-3-1-11(2-4-12)15(5-8-21-9-6-15)19-13(20)18-14-17-7-10-22-14/h1-4,7,10H,5-6,8-9H2,(H2,17,18,19,20). The highest BCUT2D eigenvalue weighted by Gasteiger charge is 2.36. The smallest absolute Gasteiger partial charge is 0.321 e. The van der Waals surface area contributed by atoms with Crippen LogP contribution in [0.4, 0.5) is 9.93 Å². The summed E-state index contributed by atoms with van der Waals surface area (Å²) < 4.78 is 5.45. The van der Waals surface area contributed by atoms with E-state index in [4.69, 9.17) is 16.3 Å². The fourth-order valence-electron chi connectivity index (χ4n) is 2.61. The van der Waals surface area contributed by atoms with Gasteiger partial charge in [0.1, 0.15) is 0 Å². The van der Waals surface area contributed by atoms with Gasteiger partial charge < -0.3 is 10.1 Å². The van der Waals surface area contributed by atoms with Crippen molar-refractivity contribution in [3.8, 4) is 0 Å². The third kappa shape index (κ3) is 3.40. The van der Waals surface area contributed by atoms with Crippen LogP contribution in [0, 0.1) is 0 Å². The molecule has 0 bridgehead atoms. The Bertz CT molecular complexity index is 625. The van der Waals surface area contributed by atoms with Gasteiger partial charge in [0.25, 0.3) is 0 Å². The molecule has 22 heavy (non-hydrogen) atoms. The molecule has 5 nitrogen and oxygen atoms in total. The molecule has 3 rings (SSSR count). The molecule has 0 radical (unpaired) electrons. The third-order valence-electron chi connectivity index (χ3n) is 3.75. The molecule has 1 aliphatic heterocycles. The highest BCUT2D eigenvalue weighted by Crippen LogP contribution is 2.33. The third-order valence-corrected chi connectivity index (χ3v) is 4.69. The molecule has 2 heterocycles. The monoisotopic (exact) mass is 337 g/mol. The summed E-state index contributed by atoms with van der Waals surface area (Å²) >= 11 is 7.35. The molecule has 1 aliphatic rings. The van der Waals surface area contributed by atoms with Gasteiger partial charge in [-0.05, 0) is 30.5 Å². The van der Waals surface area contributed by atoms with E-state index in [9.17, 15) is 4.79 Å². The van der Waals surface area contributed by atoms with Crippen molar-refractivity contribution >= 4 is 34.1 Å². The van der Waals surface area contributed by atoms with Crippen LogP contribution in [0.25, 0.3) is 0 Å². The van der Waals surface area contributed by atoms with Crippen LogP contribution in [0.1, 0.15) is 18.4 Å². The minimum atomic E-state index is -0.440. The van der Waals surface area contributed by atoms with Crippen molar-refractivity contribution in [2.24, 2.45) is 0 Å². The largest absolute Gasteiger partial charge is 0.381 e. The molecule has 2 N–H and O–H groups in total. The topological polar surface area (TPSA) is 63.2 Å². The van der Waals surface area contributed by atoms with E-state index in [0.717, 1.165) is 18.4 Å². The highest BCUT2D eigenvalue weighted by atomic mass is 35.5. The number of hydrogen-bond acceptors (Lipinski definition) is 4. The van der Waals surface area contributed by atoms with Gasteiger partial charge in [-0.1, -0.05) is 23.7 Å². The van der Waals surface area contributed by atoms with E-state index in [-0.39, 0.29) is 6.03 Å². The number of halogens is 1. The van der Waals surface area contributed by atoms with Crippen molar-refractivity contribution in [3.63, 3.8) is 0 Å². The average molecular weight is 338 g/mol. The molecular formula is C15H16ClN3O2S. The van der Waals surface area contributed by atoms with E-state index >= 15 is 0 Å². The normalized spacial score (nSPS) is 17.0. The second-order valence-electron chi connectivity index (χ2n) is 5.12. The van der Waals surface area contributed by atoms with Gasteiger partial charge in [0.2, 0.25) is 0 Å². The molecule has 1 aromatic carbocycles. The number of benzene rings is 1. The predicted molar refractivity (Wildman–Crippen MR) is 87.5 cm³/mol. The fourth-order valence-corrected chi connectivity index (χ4v) is 3.26. The maximum atomic E-state index is 12.3. The molecule has 0 aliphatic carbocycles. The summed E-state index contributed by atoms with van der Waals surface area (Å²) in [4.78, 5) is 16.4. The van der Waals surface area contributed by atoms with Gasteiger partial charge >= 0.3 is 6.03 Å². The first-order chi connectivity index (χ1) is 10.7. The van der Waals surface area contributed by atoms with Gasteiger partial charge in [-0.3, -0.25) is 5.32 Å². The van der Waals surface area contributed by atoms with Crippen molar-refractivity contribution in [1.29, 1.82) is 0 Å². The molecule has 1 aromatic heterocycles. The first kappa shape index (κ1) is 15.3. The number of urea groups is 1. The Kier molecular flexibility index (Phi) is 4.61. The molecule has 0 saturated carbocycles. The maximum Gasteiger partial charge on any atom is 0.321 e. The van der Waals surface area contributed by atoms with E-state index in [2.05, 4.69) is 15.6 Å². The lowest BCUT2D eigenvalue weighted by molar-refractivity contribution is 0.0418. The molecule has 0 unspecified atom stereocenters. The van der Waals surface area contributed by atoms with Gasteiger partial charge in [0.15, 0.2) is 5.13 Å². The van der Waals surface area contributed by atoms with Crippen molar-refractivity contribution in [1.82, 2.24) is 10.3 Å². The lowest BCUT2D eigenvalue weighted by atomic mass is 9.83. The number of carbonyl (C=O) groups excluding carboxylic acids is 1. The lowest BCUT2D eigenvalue weighted by Gasteiger charge is -2.38. The Labute approximate surface area is 137 Å². The number of ether oxygens (including phenoxy) is 1. The van der Waals surface area contributed by atoms with Gasteiger partial charge in [-0.25, -0.2) is 9.78 Å². The summed E-state index contributed by atoms with van der Waals surface area (Å²) in [5.74, 6) is 0. The van der Waals surface area contributed by atoms with Crippen LogP contribution < -0.4 is 10.6 Å². The molecule has 7 heteroatoms. The second-order valence-corrected chi connectivity index (χ2v) is 6.45. The van der Waals surface area contributed by atoms with Gasteiger partial charge in [-0.15, -0.1) is 11.3 Å². The number of nitrogens with one attached hydrogen (secondary N) is 2. The Morgan fingerprint density at radius 3 is 2.64 bits per heavy atom. The van der Waals surface area contributed by atoms with Gasteiger partial charge in [-0.2, -0.15) is 0 Å². The summed E-state index contributed by atoms with van der Waals surface area (Å²) in [5.41, 5.74) is 0.596. The number of anilines is 1. The zero-order valence-electron chi connectivity index (χ0n) is 11.8. The minimum Gasteiger partial charge on any atom is -0.381 e. The summed E-state index contributed by atoms with van der Waals surface area (Å²) in [6, 6.07) is 7.34. The van der Waals surface area contributed by atoms with Crippen molar-refractivity contribution in [2.45, 2.75) is 18.4 Å². The van der Waals surface area contributed by atoms with Crippen molar-refractivity contribution in [2.75, 3.05) is 18.5 Å². The zero-order chi connectivity index (χ0) is 15.4. The molecule has 1 saturated heterocycles. The second kappa shape index (κ2) is 6.64. The van der Waals surface area contributed by atoms with Crippen molar-refractivity contribution in [3.05, 3.63) is 46.4 Å². The van der Waals surface area contributed by atoms with Crippen LogP contribution in [-0.2, 0) is 10.3 Å². The van der Waals surface area contributed by atoms with Gasteiger partial charge in [0.05, 0.1) is 5.54 Å². The van der Waals surface area contributed by atoms with E-state index in [1.165, 1.54) is 11.3 Å². The van der Waals surface area contributed by atoms with E-state index in [0.29, 0.717) is 23.4 Å². The molecule has 116 valence electrons. The highest BCUT2D eigenvalue weighted by molar-refractivity contribution is 7.13. The SMILES string of the molecule is O=C(Nc1nccs1)NC1(c2ccc(Cl)cc2)CCOCC1. The molecule has 1 fully saturated rings. The van der Waals surface area contributed by atoms with Gasteiger partial charge in [0, 0.05) is 29.8 Å². The number of thiazole rings is 1. The van der Waals surface area contributed by atoms with Crippen molar-refractivity contribution < 1.29 is 9.53 Å². The number of amides is 2. The first-order valence-corrected chi connectivity index (χ1v) is 8.26. The Morgan fingerprint density at radius 1 is 1.27 bits per heavy atom. The average Bonchev–Trinajstić information content (AvgIpc) is 3.01. The number of hydrogen-bond donors (Lipinski definition) is 2. The molecule has 0 spiro atoms. The Balaban J connectivity index is 1.79. The molecule has 2 aromatic rings. The quantitative estimate of drug-likeness (QED) is 0.899. The summed E-state index contributed by atoms with van der Waals surface area (Å²) in [7, 11) is 0. The summed E-state index contributed by atoms with van der Waals surface area (Å²) in [6.07, 6.45) is 3.10. The first-order valence-electron chi connectivity index (χ1n) is 7.00. The van der Waals surface area contributed by atoms with Crippen LogP contribution in [0.2, 0.25) is 5.02 Å². The maximum absolute atomic E-state index is 12.3. The zero-order valence-corrected chi connectivity index (χ0v) is 13.4. The number of carbonyl (C=O) groups is 1. The molecule has 2 amide bonds. The van der Waals surface area contributed by atoms with Crippen LogP contribution in [0.5, 0.6) is 0 Å². The van der Waals surface area contributed by atoms with Crippen LogP contribution in [0.3, 0.4) is 0 Å². The van der Waals surface area contributed by atoms with Crippen LogP contribution in [0.15, 0.2) is 35.8 Å². The van der Waals surface area contributed by atoms with Crippen LogP contribution >= 0.6 is 22.9 Å². The Morgan fingerprint density at radius 2 is 2.00 bits per heavy atom. The lowest BCUT2D eigenvalue weighted by Crippen LogP contribution is -2.50. The number of rotatable bonds is 3.